The molecule has 0 fully saturated rings. The maximum absolute atomic E-state index is 8.33. The molecule has 0 saturated carbocycles. The maximum atomic E-state index is 8.33. The van der Waals surface area contributed by atoms with Crippen LogP contribution in [0, 0.1) is 5.41 Å². The second kappa shape index (κ2) is 6.82. The number of benzene rings is 1. The fourth-order valence-corrected chi connectivity index (χ4v) is 2.23. The standard InChI is InChI=1S/C17H18N6O/c1-19-15-6-5-12(24-13-4-3-8-20-11-13)10-14(15)17(18)21-16-7-9-23(2)22-16/h3-11,19H,1-2H3,(H2,18,21,22). The molecule has 0 unspecified atom stereocenters. The highest BCUT2D eigenvalue weighted by Crippen LogP contribution is 2.26. The van der Waals surface area contributed by atoms with E-state index in [4.69, 9.17) is 10.1 Å². The number of nitrogens with zero attached hydrogens (tertiary/aromatic N) is 3. The average molecular weight is 322 g/mol. The average Bonchev–Trinajstić information content (AvgIpc) is 3.00. The Morgan fingerprint density at radius 3 is 2.75 bits per heavy atom. The van der Waals surface area contributed by atoms with E-state index in [9.17, 15) is 0 Å². The fraction of sp³-hybridized carbons (Fsp3) is 0.118. The van der Waals surface area contributed by atoms with Crippen molar-refractivity contribution in [3.63, 3.8) is 0 Å². The quantitative estimate of drug-likeness (QED) is 0.496. The molecule has 7 nitrogen and oxygen atoms in total. The van der Waals surface area contributed by atoms with Crippen molar-refractivity contribution in [2.24, 2.45) is 7.05 Å². The lowest BCUT2D eigenvalue weighted by Crippen LogP contribution is -2.14. The molecule has 0 atom stereocenters. The van der Waals surface area contributed by atoms with Crippen molar-refractivity contribution in [3.05, 3.63) is 60.6 Å². The summed E-state index contributed by atoms with van der Waals surface area (Å²) in [6, 6.07) is 11.0. The van der Waals surface area contributed by atoms with E-state index in [1.54, 1.807) is 23.1 Å². The Labute approximate surface area is 139 Å². The summed E-state index contributed by atoms with van der Waals surface area (Å²) in [6.45, 7) is 0. The predicted octanol–water partition coefficient (Wildman–Crippen LogP) is 3.09. The molecular formula is C17H18N6O. The normalized spacial score (nSPS) is 10.2. The number of hydrogen-bond donors (Lipinski definition) is 3. The van der Waals surface area contributed by atoms with Crippen LogP contribution in [0.5, 0.6) is 11.5 Å². The summed E-state index contributed by atoms with van der Waals surface area (Å²) < 4.78 is 7.47. The van der Waals surface area contributed by atoms with Gasteiger partial charge in [0.15, 0.2) is 5.82 Å². The summed E-state index contributed by atoms with van der Waals surface area (Å²) in [7, 11) is 3.64. The number of hydrogen-bond acceptors (Lipinski definition) is 5. The first-order valence-electron chi connectivity index (χ1n) is 7.41. The van der Waals surface area contributed by atoms with E-state index in [1.165, 1.54) is 0 Å². The lowest BCUT2D eigenvalue weighted by atomic mass is 10.1. The van der Waals surface area contributed by atoms with Gasteiger partial charge in [-0.1, -0.05) is 0 Å². The molecule has 2 heterocycles. The summed E-state index contributed by atoms with van der Waals surface area (Å²) in [5, 5.41) is 18.6. The van der Waals surface area contributed by atoms with E-state index in [1.807, 2.05) is 50.6 Å². The number of pyridine rings is 1. The third kappa shape index (κ3) is 3.52. The van der Waals surface area contributed by atoms with E-state index in [-0.39, 0.29) is 5.84 Å². The topological polar surface area (TPSA) is 87.9 Å². The van der Waals surface area contributed by atoms with E-state index in [2.05, 4.69) is 20.7 Å². The Bertz CT molecular complexity index is 843. The summed E-state index contributed by atoms with van der Waals surface area (Å²) in [5.74, 6) is 2.12. The van der Waals surface area contributed by atoms with Crippen LogP contribution in [-0.2, 0) is 7.05 Å². The number of aryl methyl sites for hydroxylation is 1. The Hall–Kier alpha value is -3.35. The Morgan fingerprint density at radius 2 is 2.08 bits per heavy atom. The summed E-state index contributed by atoms with van der Waals surface area (Å²) in [4.78, 5) is 4.03. The summed E-state index contributed by atoms with van der Waals surface area (Å²) in [5.41, 5.74) is 1.51. The van der Waals surface area contributed by atoms with E-state index >= 15 is 0 Å². The van der Waals surface area contributed by atoms with Crippen molar-refractivity contribution < 1.29 is 4.74 Å². The minimum atomic E-state index is 0.231. The highest BCUT2D eigenvalue weighted by molar-refractivity contribution is 6.09. The molecule has 2 aromatic heterocycles. The van der Waals surface area contributed by atoms with Gasteiger partial charge in [0, 0.05) is 43.8 Å². The van der Waals surface area contributed by atoms with Gasteiger partial charge in [-0.2, -0.15) is 5.10 Å². The zero-order valence-electron chi connectivity index (χ0n) is 13.4. The van der Waals surface area contributed by atoms with E-state index in [0.717, 1.165) is 5.69 Å². The van der Waals surface area contributed by atoms with Crippen LogP contribution in [0.4, 0.5) is 11.5 Å². The van der Waals surface area contributed by atoms with Crippen molar-refractivity contribution in [2.45, 2.75) is 0 Å². The molecule has 0 aliphatic carbocycles. The third-order valence-electron chi connectivity index (χ3n) is 3.37. The van der Waals surface area contributed by atoms with Gasteiger partial charge in [-0.3, -0.25) is 15.1 Å². The molecule has 3 N–H and O–H groups in total. The molecule has 3 rings (SSSR count). The van der Waals surface area contributed by atoms with Crippen molar-refractivity contribution in [3.8, 4) is 11.5 Å². The Balaban J connectivity index is 1.84. The largest absolute Gasteiger partial charge is 0.456 e. The second-order valence-corrected chi connectivity index (χ2v) is 5.12. The number of nitrogens with one attached hydrogen (secondary N) is 3. The second-order valence-electron chi connectivity index (χ2n) is 5.12. The first-order valence-corrected chi connectivity index (χ1v) is 7.41. The minimum Gasteiger partial charge on any atom is -0.456 e. The van der Waals surface area contributed by atoms with Gasteiger partial charge in [0.25, 0.3) is 0 Å². The van der Waals surface area contributed by atoms with E-state index < -0.39 is 0 Å². The molecule has 0 saturated heterocycles. The zero-order chi connectivity index (χ0) is 16.9. The number of ether oxygens (including phenoxy) is 1. The van der Waals surface area contributed by atoms with Gasteiger partial charge in [0.2, 0.25) is 0 Å². The van der Waals surface area contributed by atoms with Crippen molar-refractivity contribution in [2.75, 3.05) is 17.7 Å². The number of aromatic nitrogens is 3. The smallest absolute Gasteiger partial charge is 0.153 e. The van der Waals surface area contributed by atoms with Gasteiger partial charge in [0.1, 0.15) is 17.3 Å². The van der Waals surface area contributed by atoms with Crippen LogP contribution in [0.15, 0.2) is 55.0 Å². The molecule has 0 radical (unpaired) electrons. The molecule has 0 bridgehead atoms. The zero-order valence-corrected chi connectivity index (χ0v) is 13.4. The van der Waals surface area contributed by atoms with Crippen LogP contribution in [0.3, 0.4) is 0 Å². The Morgan fingerprint density at radius 1 is 1.21 bits per heavy atom. The lowest BCUT2D eigenvalue weighted by molar-refractivity contribution is 0.480. The van der Waals surface area contributed by atoms with Gasteiger partial charge in [-0.15, -0.1) is 0 Å². The van der Waals surface area contributed by atoms with Crippen molar-refractivity contribution in [1.29, 1.82) is 5.41 Å². The molecule has 0 aliphatic rings. The first kappa shape index (κ1) is 15.5. The lowest BCUT2D eigenvalue weighted by Gasteiger charge is -2.13. The summed E-state index contributed by atoms with van der Waals surface area (Å²) in [6.07, 6.45) is 5.15. The van der Waals surface area contributed by atoms with Gasteiger partial charge in [0.05, 0.1) is 6.20 Å². The van der Waals surface area contributed by atoms with Gasteiger partial charge in [-0.05, 0) is 30.3 Å². The number of amidine groups is 1. The molecule has 0 spiro atoms. The number of rotatable bonds is 5. The number of anilines is 2. The SMILES string of the molecule is CNc1ccc(Oc2cccnc2)cc1C(=N)Nc1ccn(C)n1. The van der Waals surface area contributed by atoms with Crippen LogP contribution in [0.1, 0.15) is 5.56 Å². The molecule has 0 aliphatic heterocycles. The van der Waals surface area contributed by atoms with Crippen LogP contribution in [0.2, 0.25) is 0 Å². The molecule has 1 aromatic carbocycles. The third-order valence-corrected chi connectivity index (χ3v) is 3.37. The Kier molecular flexibility index (Phi) is 4.42. The maximum Gasteiger partial charge on any atom is 0.153 e. The molecule has 7 heteroatoms. The van der Waals surface area contributed by atoms with Gasteiger partial charge < -0.3 is 15.4 Å². The van der Waals surface area contributed by atoms with Crippen molar-refractivity contribution >= 4 is 17.3 Å². The van der Waals surface area contributed by atoms with Crippen LogP contribution >= 0.6 is 0 Å². The highest BCUT2D eigenvalue weighted by atomic mass is 16.5. The van der Waals surface area contributed by atoms with Crippen LogP contribution in [0.25, 0.3) is 0 Å². The minimum absolute atomic E-state index is 0.231. The highest BCUT2D eigenvalue weighted by Gasteiger charge is 2.11. The molecular weight excluding hydrogens is 304 g/mol. The molecule has 24 heavy (non-hydrogen) atoms. The molecule has 0 amide bonds. The van der Waals surface area contributed by atoms with Gasteiger partial charge in [-0.25, -0.2) is 0 Å². The predicted molar refractivity (Wildman–Crippen MR) is 94.0 cm³/mol. The molecule has 3 aromatic rings. The first-order chi connectivity index (χ1) is 11.7. The monoisotopic (exact) mass is 322 g/mol. The van der Waals surface area contributed by atoms with Crippen LogP contribution in [-0.4, -0.2) is 27.6 Å². The van der Waals surface area contributed by atoms with Crippen molar-refractivity contribution in [1.82, 2.24) is 14.8 Å². The summed E-state index contributed by atoms with van der Waals surface area (Å²) >= 11 is 0. The van der Waals surface area contributed by atoms with E-state index in [0.29, 0.717) is 22.9 Å². The molecule has 122 valence electrons. The van der Waals surface area contributed by atoms with Crippen LogP contribution < -0.4 is 15.4 Å². The fourth-order valence-electron chi connectivity index (χ4n) is 2.23. The van der Waals surface area contributed by atoms with Gasteiger partial charge >= 0.3 is 0 Å².